The van der Waals surface area contributed by atoms with Crippen LogP contribution in [0.5, 0.6) is 5.75 Å². The van der Waals surface area contributed by atoms with Gasteiger partial charge in [-0.25, -0.2) is 9.78 Å². The lowest BCUT2D eigenvalue weighted by Crippen LogP contribution is -2.13. The first-order valence-corrected chi connectivity index (χ1v) is 7.63. The van der Waals surface area contributed by atoms with Crippen molar-refractivity contribution in [3.63, 3.8) is 0 Å². The maximum absolute atomic E-state index is 12.0. The number of nitrogens with one attached hydrogen (secondary N) is 1. The number of benzene rings is 2. The van der Waals surface area contributed by atoms with Gasteiger partial charge in [-0.3, -0.25) is 4.79 Å². The molecule has 0 spiro atoms. The van der Waals surface area contributed by atoms with Gasteiger partial charge in [0, 0.05) is 11.6 Å². The first-order chi connectivity index (χ1) is 12.2. The molecule has 6 heteroatoms. The number of hydrogen-bond donors (Lipinski definition) is 1. The number of fused-ring (bicyclic) bond motifs is 1. The van der Waals surface area contributed by atoms with Crippen molar-refractivity contribution in [2.75, 3.05) is 7.11 Å². The van der Waals surface area contributed by atoms with Crippen molar-refractivity contribution in [1.82, 2.24) is 9.97 Å². The highest BCUT2D eigenvalue weighted by Crippen LogP contribution is 2.18. The molecule has 1 heterocycles. The molecule has 126 valence electrons. The van der Waals surface area contributed by atoms with Crippen molar-refractivity contribution in [2.24, 2.45) is 0 Å². The van der Waals surface area contributed by atoms with E-state index in [2.05, 4.69) is 9.97 Å². The van der Waals surface area contributed by atoms with Gasteiger partial charge in [0.1, 0.15) is 18.2 Å². The summed E-state index contributed by atoms with van der Waals surface area (Å²) in [6, 6.07) is 14.3. The molecule has 0 aliphatic rings. The fourth-order valence-corrected chi connectivity index (χ4v) is 2.35. The minimum absolute atomic E-state index is 0.116. The van der Waals surface area contributed by atoms with Gasteiger partial charge in [0.15, 0.2) is 0 Å². The van der Waals surface area contributed by atoms with E-state index in [1.807, 2.05) is 18.2 Å². The number of para-hydroxylation sites is 2. The summed E-state index contributed by atoms with van der Waals surface area (Å²) in [5.41, 5.74) is 1.06. The van der Waals surface area contributed by atoms with Gasteiger partial charge in [-0.15, -0.1) is 0 Å². The molecule has 0 fully saturated rings. The van der Waals surface area contributed by atoms with Crippen molar-refractivity contribution < 1.29 is 14.3 Å². The summed E-state index contributed by atoms with van der Waals surface area (Å²) in [6.07, 6.45) is 2.91. The summed E-state index contributed by atoms with van der Waals surface area (Å²) in [5.74, 6) is 0.413. The molecule has 0 bridgehead atoms. The molecule has 1 N–H and O–H groups in total. The lowest BCUT2D eigenvalue weighted by molar-refractivity contribution is -0.139. The maximum Gasteiger partial charge on any atom is 0.331 e. The second-order valence-corrected chi connectivity index (χ2v) is 5.21. The normalized spacial score (nSPS) is 10.9. The number of H-pyrrole nitrogens is 1. The van der Waals surface area contributed by atoms with Crippen LogP contribution in [0.15, 0.2) is 59.4 Å². The Hall–Kier alpha value is -3.41. The molecule has 3 aromatic rings. The number of rotatable bonds is 5. The lowest BCUT2D eigenvalue weighted by atomic mass is 10.2. The Bertz CT molecular complexity index is 992. The fourth-order valence-electron chi connectivity index (χ4n) is 2.35. The van der Waals surface area contributed by atoms with Crippen LogP contribution >= 0.6 is 0 Å². The van der Waals surface area contributed by atoms with Crippen LogP contribution in [0.4, 0.5) is 0 Å². The molecule has 1 aromatic heterocycles. The standard InChI is InChI=1S/C19H16N2O4/c1-24-16-9-5-2-6-13(16)10-11-18(22)25-12-17-20-15-8-4-3-7-14(15)19(23)21-17/h2-11H,12H2,1H3,(H,20,21,23). The molecule has 6 nitrogen and oxygen atoms in total. The zero-order valence-corrected chi connectivity index (χ0v) is 13.6. The second-order valence-electron chi connectivity index (χ2n) is 5.21. The highest BCUT2D eigenvalue weighted by molar-refractivity contribution is 5.87. The molecule has 25 heavy (non-hydrogen) atoms. The number of carbonyl (C=O) groups is 1. The number of aromatic amines is 1. The van der Waals surface area contributed by atoms with Crippen LogP contribution in [0, 0.1) is 0 Å². The molecule has 0 unspecified atom stereocenters. The van der Waals surface area contributed by atoms with Crippen LogP contribution in [0.25, 0.3) is 17.0 Å². The number of hydrogen-bond acceptors (Lipinski definition) is 5. The van der Waals surface area contributed by atoms with Gasteiger partial charge in [-0.2, -0.15) is 0 Å². The smallest absolute Gasteiger partial charge is 0.331 e. The van der Waals surface area contributed by atoms with E-state index in [0.29, 0.717) is 22.5 Å². The zero-order valence-electron chi connectivity index (χ0n) is 13.6. The highest BCUT2D eigenvalue weighted by Gasteiger charge is 2.06. The monoisotopic (exact) mass is 336 g/mol. The van der Waals surface area contributed by atoms with Crippen molar-refractivity contribution in [3.8, 4) is 5.75 Å². The summed E-state index contributed by atoms with van der Waals surface area (Å²) < 4.78 is 10.3. The Morgan fingerprint density at radius 2 is 1.92 bits per heavy atom. The number of ether oxygens (including phenoxy) is 2. The molecule has 3 rings (SSSR count). The Balaban J connectivity index is 1.68. The molecule has 0 atom stereocenters. The van der Waals surface area contributed by atoms with E-state index >= 15 is 0 Å². The minimum atomic E-state index is -0.540. The Morgan fingerprint density at radius 1 is 1.16 bits per heavy atom. The summed E-state index contributed by atoms with van der Waals surface area (Å²) in [5, 5.41) is 0.494. The summed E-state index contributed by atoms with van der Waals surface area (Å²) in [6.45, 7) is -0.116. The molecule has 0 saturated heterocycles. The first kappa shape index (κ1) is 16.4. The van der Waals surface area contributed by atoms with Gasteiger partial charge in [-0.1, -0.05) is 30.3 Å². The van der Waals surface area contributed by atoms with Crippen molar-refractivity contribution in [1.29, 1.82) is 0 Å². The van der Waals surface area contributed by atoms with Crippen molar-refractivity contribution >= 4 is 22.9 Å². The quantitative estimate of drug-likeness (QED) is 0.572. The van der Waals surface area contributed by atoms with E-state index in [9.17, 15) is 9.59 Å². The number of aromatic nitrogens is 2. The van der Waals surface area contributed by atoms with E-state index in [0.717, 1.165) is 5.56 Å². The molecule has 0 amide bonds. The van der Waals surface area contributed by atoms with E-state index < -0.39 is 5.97 Å². The highest BCUT2D eigenvalue weighted by atomic mass is 16.5. The van der Waals surface area contributed by atoms with Crippen LogP contribution in [0.1, 0.15) is 11.4 Å². The van der Waals surface area contributed by atoms with E-state index in [-0.39, 0.29) is 12.2 Å². The van der Waals surface area contributed by atoms with Gasteiger partial charge >= 0.3 is 5.97 Å². The molecular formula is C19H16N2O4. The SMILES string of the molecule is COc1ccccc1C=CC(=O)OCc1nc2ccccc2c(=O)[nH]1. The first-order valence-electron chi connectivity index (χ1n) is 7.63. The molecule has 0 aliphatic carbocycles. The number of esters is 1. The molecule has 0 radical (unpaired) electrons. The van der Waals surface area contributed by atoms with Crippen LogP contribution in [-0.4, -0.2) is 23.0 Å². The third-order valence-corrected chi connectivity index (χ3v) is 3.55. The zero-order chi connectivity index (χ0) is 17.6. The van der Waals surface area contributed by atoms with Gasteiger partial charge < -0.3 is 14.5 Å². The second kappa shape index (κ2) is 7.44. The van der Waals surface area contributed by atoms with Gasteiger partial charge in [0.25, 0.3) is 5.56 Å². The van der Waals surface area contributed by atoms with Gasteiger partial charge in [0.05, 0.1) is 18.0 Å². The average molecular weight is 336 g/mol. The van der Waals surface area contributed by atoms with E-state index in [4.69, 9.17) is 9.47 Å². The fraction of sp³-hybridized carbons (Fsp3) is 0.105. The maximum atomic E-state index is 12.0. The number of carbonyl (C=O) groups excluding carboxylic acids is 1. The Kier molecular flexibility index (Phi) is 4.89. The molecule has 2 aromatic carbocycles. The topological polar surface area (TPSA) is 81.3 Å². The predicted octanol–water partition coefficient (Wildman–Crippen LogP) is 2.69. The minimum Gasteiger partial charge on any atom is -0.496 e. The third kappa shape index (κ3) is 3.92. The number of nitrogens with zero attached hydrogens (tertiary/aromatic N) is 1. The van der Waals surface area contributed by atoms with Crippen LogP contribution in [0.3, 0.4) is 0 Å². The third-order valence-electron chi connectivity index (χ3n) is 3.55. The molecular weight excluding hydrogens is 320 g/mol. The van der Waals surface area contributed by atoms with Crippen LogP contribution < -0.4 is 10.3 Å². The number of methoxy groups -OCH3 is 1. The van der Waals surface area contributed by atoms with Crippen LogP contribution in [-0.2, 0) is 16.1 Å². The molecule has 0 saturated carbocycles. The van der Waals surface area contributed by atoms with Crippen molar-refractivity contribution in [3.05, 3.63) is 76.3 Å². The molecule has 0 aliphatic heterocycles. The van der Waals surface area contributed by atoms with Gasteiger partial charge in [0.2, 0.25) is 0 Å². The van der Waals surface area contributed by atoms with Crippen LogP contribution in [0.2, 0.25) is 0 Å². The van der Waals surface area contributed by atoms with E-state index in [1.54, 1.807) is 43.5 Å². The summed E-state index contributed by atoms with van der Waals surface area (Å²) >= 11 is 0. The Labute approximate surface area is 143 Å². The lowest BCUT2D eigenvalue weighted by Gasteiger charge is -2.04. The van der Waals surface area contributed by atoms with E-state index in [1.165, 1.54) is 6.08 Å². The van der Waals surface area contributed by atoms with Crippen molar-refractivity contribution in [2.45, 2.75) is 6.61 Å². The average Bonchev–Trinajstić information content (AvgIpc) is 2.65. The van der Waals surface area contributed by atoms with Gasteiger partial charge in [-0.05, 0) is 24.3 Å². The summed E-state index contributed by atoms with van der Waals surface area (Å²) in [4.78, 5) is 30.7. The summed E-state index contributed by atoms with van der Waals surface area (Å²) in [7, 11) is 1.56. The Morgan fingerprint density at radius 3 is 2.76 bits per heavy atom. The predicted molar refractivity (Wildman–Crippen MR) is 94.2 cm³/mol. The largest absolute Gasteiger partial charge is 0.496 e.